The van der Waals surface area contributed by atoms with E-state index < -0.39 is 0 Å². The average Bonchev–Trinajstić information content (AvgIpc) is 2.63. The van der Waals surface area contributed by atoms with Crippen LogP contribution in [0, 0.1) is 0 Å². The van der Waals surface area contributed by atoms with E-state index in [-0.39, 0.29) is 6.03 Å². The molecule has 126 valence electrons. The Bertz CT molecular complexity index is 686. The summed E-state index contributed by atoms with van der Waals surface area (Å²) < 4.78 is 0. The number of nitrogens with one attached hydrogen (secondary N) is 2. The molecule has 1 aliphatic rings. The van der Waals surface area contributed by atoms with Crippen molar-refractivity contribution < 1.29 is 4.79 Å². The molecule has 6 nitrogen and oxygen atoms in total. The molecule has 0 aliphatic carbocycles. The predicted molar refractivity (Wildman–Crippen MR) is 99.0 cm³/mol. The Balaban J connectivity index is 1.57. The minimum Gasteiger partial charge on any atom is -0.341 e. The Labute approximate surface area is 146 Å². The molecule has 0 bridgehead atoms. The van der Waals surface area contributed by atoms with E-state index in [0.29, 0.717) is 5.69 Å². The molecular weight excluding hydrogens is 322 g/mol. The van der Waals surface area contributed by atoms with Gasteiger partial charge in [0.15, 0.2) is 0 Å². The van der Waals surface area contributed by atoms with Crippen molar-refractivity contribution in [3.8, 4) is 0 Å². The summed E-state index contributed by atoms with van der Waals surface area (Å²) in [5, 5.41) is 5.57. The van der Waals surface area contributed by atoms with Crippen molar-refractivity contribution >= 4 is 35.1 Å². The fourth-order valence-corrected chi connectivity index (χ4v) is 3.10. The fourth-order valence-electron chi connectivity index (χ4n) is 2.64. The van der Waals surface area contributed by atoms with Crippen molar-refractivity contribution in [2.45, 2.75) is 24.2 Å². The van der Waals surface area contributed by atoms with E-state index in [4.69, 9.17) is 0 Å². The van der Waals surface area contributed by atoms with Crippen LogP contribution < -0.4 is 15.5 Å². The van der Waals surface area contributed by atoms with E-state index in [2.05, 4.69) is 25.5 Å². The summed E-state index contributed by atoms with van der Waals surface area (Å²) in [6.45, 7) is 2.00. The number of hydrogen-bond acceptors (Lipinski definition) is 5. The Hall–Kier alpha value is -2.28. The lowest BCUT2D eigenvalue weighted by Crippen LogP contribution is -2.31. The van der Waals surface area contributed by atoms with E-state index in [1.54, 1.807) is 24.2 Å². The number of rotatable bonds is 4. The van der Waals surface area contributed by atoms with Crippen molar-refractivity contribution in [1.82, 2.24) is 9.97 Å². The molecule has 0 radical (unpaired) electrons. The van der Waals surface area contributed by atoms with Gasteiger partial charge in [-0.15, -0.1) is 11.8 Å². The highest BCUT2D eigenvalue weighted by Crippen LogP contribution is 2.19. The largest absolute Gasteiger partial charge is 0.341 e. The molecule has 1 saturated heterocycles. The molecule has 24 heavy (non-hydrogen) atoms. The molecule has 1 fully saturated rings. The SMILES string of the molecule is CSc1cccc(NC(=O)Nc2cnc(N3CCCCC3)nc2)c1. The van der Waals surface area contributed by atoms with Crippen LogP contribution in [-0.2, 0) is 0 Å². The van der Waals surface area contributed by atoms with Gasteiger partial charge in [-0.2, -0.15) is 0 Å². The molecule has 1 aromatic carbocycles. The third-order valence-corrected chi connectivity index (χ3v) is 4.59. The molecule has 1 aliphatic heterocycles. The molecule has 2 aromatic rings. The first-order valence-corrected chi connectivity index (χ1v) is 9.26. The zero-order valence-corrected chi connectivity index (χ0v) is 14.5. The second kappa shape index (κ2) is 8.01. The monoisotopic (exact) mass is 343 g/mol. The quantitative estimate of drug-likeness (QED) is 0.826. The molecule has 0 unspecified atom stereocenters. The highest BCUT2D eigenvalue weighted by Gasteiger charge is 2.13. The molecule has 0 saturated carbocycles. The van der Waals surface area contributed by atoms with E-state index >= 15 is 0 Å². The van der Waals surface area contributed by atoms with Crippen LogP contribution in [0.1, 0.15) is 19.3 Å². The smallest absolute Gasteiger partial charge is 0.323 e. The van der Waals surface area contributed by atoms with Gasteiger partial charge in [0.25, 0.3) is 0 Å². The fraction of sp³-hybridized carbons (Fsp3) is 0.353. The highest BCUT2D eigenvalue weighted by molar-refractivity contribution is 7.98. The number of hydrogen-bond donors (Lipinski definition) is 2. The van der Waals surface area contributed by atoms with E-state index in [1.165, 1.54) is 19.3 Å². The number of piperidine rings is 1. The molecular formula is C17H21N5OS. The van der Waals surface area contributed by atoms with Crippen LogP contribution in [0.3, 0.4) is 0 Å². The van der Waals surface area contributed by atoms with Gasteiger partial charge >= 0.3 is 6.03 Å². The second-order valence-electron chi connectivity index (χ2n) is 5.63. The van der Waals surface area contributed by atoms with Crippen molar-refractivity contribution in [3.63, 3.8) is 0 Å². The number of urea groups is 1. The Morgan fingerprint density at radius 2 is 1.79 bits per heavy atom. The number of amides is 2. The van der Waals surface area contributed by atoms with Gasteiger partial charge < -0.3 is 15.5 Å². The van der Waals surface area contributed by atoms with E-state index in [9.17, 15) is 4.79 Å². The van der Waals surface area contributed by atoms with E-state index in [0.717, 1.165) is 29.6 Å². The molecule has 2 N–H and O–H groups in total. The minimum absolute atomic E-state index is 0.303. The average molecular weight is 343 g/mol. The van der Waals surface area contributed by atoms with Gasteiger partial charge in [0.1, 0.15) is 0 Å². The summed E-state index contributed by atoms with van der Waals surface area (Å²) in [6.07, 6.45) is 8.93. The lowest BCUT2D eigenvalue weighted by atomic mass is 10.1. The minimum atomic E-state index is -0.303. The molecule has 1 aromatic heterocycles. The Morgan fingerprint density at radius 1 is 1.08 bits per heavy atom. The Morgan fingerprint density at radius 3 is 2.50 bits per heavy atom. The zero-order chi connectivity index (χ0) is 16.8. The number of anilines is 3. The summed E-state index contributed by atoms with van der Waals surface area (Å²) >= 11 is 1.63. The van der Waals surface area contributed by atoms with Crippen LogP contribution in [0.25, 0.3) is 0 Å². The highest BCUT2D eigenvalue weighted by atomic mass is 32.2. The van der Waals surface area contributed by atoms with Gasteiger partial charge in [-0.3, -0.25) is 0 Å². The topological polar surface area (TPSA) is 70.2 Å². The van der Waals surface area contributed by atoms with Gasteiger partial charge in [-0.25, -0.2) is 14.8 Å². The standard InChI is InChI=1S/C17H21N5OS/c1-24-15-7-5-6-13(10-15)20-17(23)21-14-11-18-16(19-12-14)22-8-3-2-4-9-22/h5-7,10-12H,2-4,8-9H2,1H3,(H2,20,21,23). The van der Waals surface area contributed by atoms with Crippen molar-refractivity contribution in [2.24, 2.45) is 0 Å². The maximum atomic E-state index is 12.1. The molecule has 2 amide bonds. The first-order valence-electron chi connectivity index (χ1n) is 8.03. The third-order valence-electron chi connectivity index (χ3n) is 3.86. The molecule has 7 heteroatoms. The lowest BCUT2D eigenvalue weighted by molar-refractivity contribution is 0.262. The van der Waals surface area contributed by atoms with Crippen LogP contribution >= 0.6 is 11.8 Å². The van der Waals surface area contributed by atoms with Crippen molar-refractivity contribution in [2.75, 3.05) is 34.9 Å². The van der Waals surface area contributed by atoms with Crippen LogP contribution in [0.4, 0.5) is 22.1 Å². The number of benzene rings is 1. The lowest BCUT2D eigenvalue weighted by Gasteiger charge is -2.26. The summed E-state index contributed by atoms with van der Waals surface area (Å²) in [5.74, 6) is 0.730. The predicted octanol–water partition coefficient (Wildman–Crippen LogP) is 3.83. The normalized spacial score (nSPS) is 14.3. The third kappa shape index (κ3) is 4.38. The zero-order valence-electron chi connectivity index (χ0n) is 13.7. The summed E-state index contributed by atoms with van der Waals surface area (Å²) in [6, 6.07) is 7.40. The van der Waals surface area contributed by atoms with Gasteiger partial charge in [-0.05, 0) is 43.7 Å². The van der Waals surface area contributed by atoms with Crippen LogP contribution in [0.5, 0.6) is 0 Å². The maximum Gasteiger partial charge on any atom is 0.323 e. The molecule has 0 spiro atoms. The molecule has 2 heterocycles. The van der Waals surface area contributed by atoms with Crippen LogP contribution in [-0.4, -0.2) is 35.3 Å². The second-order valence-corrected chi connectivity index (χ2v) is 6.51. The number of carbonyl (C=O) groups is 1. The molecule has 0 atom stereocenters. The van der Waals surface area contributed by atoms with Crippen LogP contribution in [0.15, 0.2) is 41.6 Å². The summed E-state index contributed by atoms with van der Waals surface area (Å²) in [4.78, 5) is 24.1. The molecule has 3 rings (SSSR count). The van der Waals surface area contributed by atoms with Crippen LogP contribution in [0.2, 0.25) is 0 Å². The number of nitrogens with zero attached hydrogens (tertiary/aromatic N) is 3. The van der Waals surface area contributed by atoms with Crippen molar-refractivity contribution in [1.29, 1.82) is 0 Å². The maximum absolute atomic E-state index is 12.1. The Kier molecular flexibility index (Phi) is 5.53. The first kappa shape index (κ1) is 16.6. The van der Waals surface area contributed by atoms with Gasteiger partial charge in [0.2, 0.25) is 5.95 Å². The van der Waals surface area contributed by atoms with Gasteiger partial charge in [-0.1, -0.05) is 6.07 Å². The van der Waals surface area contributed by atoms with Gasteiger partial charge in [0, 0.05) is 23.7 Å². The number of thioether (sulfide) groups is 1. The summed E-state index contributed by atoms with van der Waals surface area (Å²) in [5.41, 5.74) is 1.33. The first-order chi connectivity index (χ1) is 11.7. The number of carbonyl (C=O) groups excluding carboxylic acids is 1. The summed E-state index contributed by atoms with van der Waals surface area (Å²) in [7, 11) is 0. The van der Waals surface area contributed by atoms with E-state index in [1.807, 2.05) is 30.5 Å². The van der Waals surface area contributed by atoms with Crippen molar-refractivity contribution in [3.05, 3.63) is 36.7 Å². The van der Waals surface area contributed by atoms with Gasteiger partial charge in [0.05, 0.1) is 18.1 Å². The number of aromatic nitrogens is 2.